The van der Waals surface area contributed by atoms with Crippen LogP contribution in [0.1, 0.15) is 50.6 Å². The van der Waals surface area contributed by atoms with Gasteiger partial charge in [-0.1, -0.05) is 51.1 Å². The topological polar surface area (TPSA) is 72.8 Å². The summed E-state index contributed by atoms with van der Waals surface area (Å²) in [5.74, 6) is 1.57. The number of rotatable bonds is 7. The van der Waals surface area contributed by atoms with Crippen LogP contribution in [0.25, 0.3) is 0 Å². The van der Waals surface area contributed by atoms with E-state index in [1.807, 2.05) is 56.3 Å². The van der Waals surface area contributed by atoms with Gasteiger partial charge in [0, 0.05) is 27.2 Å². The van der Waals surface area contributed by atoms with E-state index in [9.17, 15) is 5.11 Å². The molecule has 7 heteroatoms. The van der Waals surface area contributed by atoms with Crippen molar-refractivity contribution in [3.8, 4) is 0 Å². The molecule has 166 valence electrons. The van der Waals surface area contributed by atoms with E-state index < -0.39 is 6.10 Å². The summed E-state index contributed by atoms with van der Waals surface area (Å²) in [6.07, 6.45) is -0.608. The monoisotopic (exact) mass is 525 g/mol. The molecule has 0 amide bonds. The van der Waals surface area contributed by atoms with Crippen LogP contribution >= 0.6 is 24.0 Å². The summed E-state index contributed by atoms with van der Waals surface area (Å²) in [5.41, 5.74) is 3.14. The van der Waals surface area contributed by atoms with Gasteiger partial charge in [-0.05, 0) is 35.6 Å². The van der Waals surface area contributed by atoms with Crippen LogP contribution in [0.4, 0.5) is 5.82 Å². The number of aliphatic hydroxyl groups is 1. The molecule has 1 unspecified atom stereocenters. The number of hydrogen-bond donors (Lipinski definition) is 3. The molecule has 2 rings (SSSR count). The molecule has 0 bridgehead atoms. The van der Waals surface area contributed by atoms with Crippen molar-refractivity contribution in [1.82, 2.24) is 15.6 Å². The van der Waals surface area contributed by atoms with Crippen LogP contribution in [-0.4, -0.2) is 43.2 Å². The molecule has 0 aliphatic rings. The average molecular weight is 525 g/mol. The molecule has 1 aromatic carbocycles. The van der Waals surface area contributed by atoms with Crippen molar-refractivity contribution in [2.75, 3.05) is 32.1 Å². The van der Waals surface area contributed by atoms with E-state index in [4.69, 9.17) is 0 Å². The van der Waals surface area contributed by atoms with Crippen molar-refractivity contribution in [3.05, 3.63) is 59.3 Å². The normalized spacial score (nSPS) is 12.7. The zero-order valence-electron chi connectivity index (χ0n) is 18.9. The number of benzene rings is 1. The van der Waals surface area contributed by atoms with Crippen LogP contribution in [0.15, 0.2) is 47.5 Å². The van der Waals surface area contributed by atoms with Crippen LogP contribution < -0.4 is 15.5 Å². The summed E-state index contributed by atoms with van der Waals surface area (Å²) in [6.45, 7) is 10.2. The van der Waals surface area contributed by atoms with Crippen molar-refractivity contribution in [1.29, 1.82) is 0 Å². The summed E-state index contributed by atoms with van der Waals surface area (Å²) in [5, 5.41) is 17.0. The molecule has 0 saturated heterocycles. The Kier molecular flexibility index (Phi) is 10.6. The molecule has 30 heavy (non-hydrogen) atoms. The predicted molar refractivity (Wildman–Crippen MR) is 137 cm³/mol. The van der Waals surface area contributed by atoms with E-state index in [0.29, 0.717) is 19.0 Å². The van der Waals surface area contributed by atoms with Crippen LogP contribution in [0.3, 0.4) is 0 Å². The minimum Gasteiger partial charge on any atom is -0.387 e. The lowest BCUT2D eigenvalue weighted by Gasteiger charge is -2.20. The van der Waals surface area contributed by atoms with Crippen molar-refractivity contribution in [3.63, 3.8) is 0 Å². The maximum atomic E-state index is 10.6. The number of hydrogen-bond acceptors (Lipinski definition) is 4. The van der Waals surface area contributed by atoms with Gasteiger partial charge >= 0.3 is 0 Å². The largest absolute Gasteiger partial charge is 0.387 e. The summed E-state index contributed by atoms with van der Waals surface area (Å²) in [7, 11) is 3.94. The van der Waals surface area contributed by atoms with E-state index in [2.05, 4.69) is 53.5 Å². The first-order valence-corrected chi connectivity index (χ1v) is 10.1. The Bertz CT molecular complexity index is 800. The number of pyridine rings is 1. The fourth-order valence-corrected chi connectivity index (χ4v) is 2.82. The Morgan fingerprint density at radius 2 is 1.77 bits per heavy atom. The molecule has 0 aliphatic carbocycles. The maximum Gasteiger partial charge on any atom is 0.191 e. The van der Waals surface area contributed by atoms with Crippen LogP contribution in [0.2, 0.25) is 0 Å². The molecule has 2 aromatic rings. The van der Waals surface area contributed by atoms with Gasteiger partial charge in [0.2, 0.25) is 0 Å². The molecule has 3 N–H and O–H groups in total. The summed E-state index contributed by atoms with van der Waals surface area (Å²) in [4.78, 5) is 11.2. The molecule has 0 spiro atoms. The van der Waals surface area contributed by atoms with Crippen molar-refractivity contribution in [2.24, 2.45) is 4.99 Å². The standard InChI is InChI=1S/C23H35N5O.HI/c1-7-24-22(25-15-19-9-8-10-21(27-19)28(5)6)26-16-20(29)17-11-13-18(14-12-17)23(2,3)4;/h8-14,20,29H,7,15-16H2,1-6H3,(H2,24,25,26);1H. The lowest BCUT2D eigenvalue weighted by molar-refractivity contribution is 0.181. The van der Waals surface area contributed by atoms with E-state index in [1.54, 1.807) is 0 Å². The lowest BCUT2D eigenvalue weighted by Crippen LogP contribution is -2.39. The molecule has 0 fully saturated rings. The lowest BCUT2D eigenvalue weighted by atomic mass is 9.86. The van der Waals surface area contributed by atoms with Gasteiger partial charge < -0.3 is 20.6 Å². The van der Waals surface area contributed by atoms with Gasteiger partial charge in [-0.15, -0.1) is 24.0 Å². The zero-order chi connectivity index (χ0) is 21.4. The summed E-state index contributed by atoms with van der Waals surface area (Å²) < 4.78 is 0. The molecule has 6 nitrogen and oxygen atoms in total. The third-order valence-corrected chi connectivity index (χ3v) is 4.62. The van der Waals surface area contributed by atoms with Crippen molar-refractivity contribution in [2.45, 2.75) is 45.8 Å². The second kappa shape index (κ2) is 12.1. The fraction of sp³-hybridized carbons (Fsp3) is 0.478. The van der Waals surface area contributed by atoms with Gasteiger partial charge in [0.15, 0.2) is 5.96 Å². The van der Waals surface area contributed by atoms with Crippen LogP contribution in [0.5, 0.6) is 0 Å². The number of anilines is 1. The maximum absolute atomic E-state index is 10.6. The number of nitrogens with zero attached hydrogens (tertiary/aromatic N) is 3. The highest BCUT2D eigenvalue weighted by Crippen LogP contribution is 2.23. The van der Waals surface area contributed by atoms with E-state index in [-0.39, 0.29) is 29.4 Å². The minimum atomic E-state index is -0.608. The van der Waals surface area contributed by atoms with Gasteiger partial charge in [0.25, 0.3) is 0 Å². The first-order chi connectivity index (χ1) is 13.7. The highest BCUT2D eigenvalue weighted by molar-refractivity contribution is 14.0. The third-order valence-electron chi connectivity index (χ3n) is 4.62. The molecule has 1 atom stereocenters. The molecule has 0 aliphatic heterocycles. The summed E-state index contributed by atoms with van der Waals surface area (Å²) >= 11 is 0. The van der Waals surface area contributed by atoms with Crippen LogP contribution in [0, 0.1) is 0 Å². The van der Waals surface area contributed by atoms with Crippen molar-refractivity contribution >= 4 is 35.8 Å². The Hall–Kier alpha value is -1.87. The molecule has 0 saturated carbocycles. The van der Waals surface area contributed by atoms with Gasteiger partial charge in [0.05, 0.1) is 18.3 Å². The Morgan fingerprint density at radius 3 is 2.33 bits per heavy atom. The molecular formula is C23H36IN5O. The average Bonchev–Trinajstić information content (AvgIpc) is 2.69. The number of guanidine groups is 1. The molecular weight excluding hydrogens is 489 g/mol. The van der Waals surface area contributed by atoms with E-state index >= 15 is 0 Å². The van der Waals surface area contributed by atoms with Gasteiger partial charge in [-0.25, -0.2) is 9.98 Å². The highest BCUT2D eigenvalue weighted by atomic mass is 127. The first-order valence-electron chi connectivity index (χ1n) is 10.1. The fourth-order valence-electron chi connectivity index (χ4n) is 2.82. The third kappa shape index (κ3) is 8.10. The Balaban J connectivity index is 0.00000450. The first kappa shape index (κ1) is 26.2. The zero-order valence-corrected chi connectivity index (χ0v) is 21.3. The SMILES string of the molecule is CCNC(=NCc1cccc(N(C)C)n1)NCC(O)c1ccc(C(C)(C)C)cc1.I. The smallest absolute Gasteiger partial charge is 0.191 e. The molecule has 1 heterocycles. The minimum absolute atomic E-state index is 0. The number of aliphatic hydroxyl groups excluding tert-OH is 1. The number of nitrogens with one attached hydrogen (secondary N) is 2. The van der Waals surface area contributed by atoms with E-state index in [0.717, 1.165) is 23.6 Å². The summed E-state index contributed by atoms with van der Waals surface area (Å²) in [6, 6.07) is 14.1. The Labute approximate surface area is 198 Å². The predicted octanol–water partition coefficient (Wildman–Crippen LogP) is 3.85. The number of aromatic nitrogens is 1. The number of halogens is 1. The van der Waals surface area contributed by atoms with Crippen molar-refractivity contribution < 1.29 is 5.11 Å². The second-order valence-electron chi connectivity index (χ2n) is 8.35. The number of aliphatic imine (C=N–C) groups is 1. The van der Waals surface area contributed by atoms with Gasteiger partial charge in [-0.2, -0.15) is 0 Å². The second-order valence-corrected chi connectivity index (χ2v) is 8.35. The highest BCUT2D eigenvalue weighted by Gasteiger charge is 2.15. The van der Waals surface area contributed by atoms with Crippen LogP contribution in [-0.2, 0) is 12.0 Å². The van der Waals surface area contributed by atoms with E-state index in [1.165, 1.54) is 5.56 Å². The molecule has 0 radical (unpaired) electrons. The Morgan fingerprint density at radius 1 is 1.10 bits per heavy atom. The molecule has 1 aromatic heterocycles. The van der Waals surface area contributed by atoms with Gasteiger partial charge in [0.1, 0.15) is 5.82 Å². The van der Waals surface area contributed by atoms with Gasteiger partial charge in [-0.3, -0.25) is 0 Å². The quantitative estimate of drug-likeness (QED) is 0.291.